The summed E-state index contributed by atoms with van der Waals surface area (Å²) in [5.74, 6) is 0. The summed E-state index contributed by atoms with van der Waals surface area (Å²) in [6, 6.07) is 8.33. The summed E-state index contributed by atoms with van der Waals surface area (Å²) in [5.41, 5.74) is 3.76. The Labute approximate surface area is 188 Å². The molecule has 0 amide bonds. The van der Waals surface area contributed by atoms with Crippen LogP contribution in [0.15, 0.2) is 41.1 Å². The van der Waals surface area contributed by atoms with Crippen LogP contribution in [0.1, 0.15) is 45.0 Å². The molecule has 0 aliphatic carbocycles. The van der Waals surface area contributed by atoms with Gasteiger partial charge in [0.05, 0.1) is 33.4 Å². The molecule has 1 fully saturated rings. The minimum absolute atomic E-state index is 0.0615. The number of piperidine rings is 1. The van der Waals surface area contributed by atoms with E-state index in [9.17, 15) is 0 Å². The number of ether oxygens (including phenoxy) is 1. The summed E-state index contributed by atoms with van der Waals surface area (Å²) in [7, 11) is 0. The third kappa shape index (κ3) is 5.85. The summed E-state index contributed by atoms with van der Waals surface area (Å²) in [6.07, 6.45) is 6.72. The minimum Gasteiger partial charge on any atom is -0.371 e. The minimum atomic E-state index is 0.0615. The van der Waals surface area contributed by atoms with Crippen LogP contribution in [0.3, 0.4) is 0 Å². The fourth-order valence-electron chi connectivity index (χ4n) is 3.37. The number of hydrogen-bond acceptors (Lipinski definition) is 6. The first-order valence-corrected chi connectivity index (χ1v) is 12.5. The van der Waals surface area contributed by atoms with Crippen molar-refractivity contribution < 1.29 is 4.74 Å². The van der Waals surface area contributed by atoms with Gasteiger partial charge in [-0.25, -0.2) is 9.97 Å². The van der Waals surface area contributed by atoms with E-state index in [-0.39, 0.29) is 6.10 Å². The Balaban J connectivity index is 0.00000124. The maximum Gasteiger partial charge on any atom is 0.108 e. The molecule has 1 saturated heterocycles. The second kappa shape index (κ2) is 11.5. The number of nitrogens with zero attached hydrogens (tertiary/aromatic N) is 2. The van der Waals surface area contributed by atoms with Crippen LogP contribution in [-0.2, 0) is 4.74 Å². The van der Waals surface area contributed by atoms with E-state index in [2.05, 4.69) is 59.4 Å². The molecule has 3 aromatic rings. The maximum atomic E-state index is 6.17. The monoisotopic (exact) mass is 441 g/mol. The molecule has 0 saturated carbocycles. The van der Waals surface area contributed by atoms with Gasteiger partial charge in [-0.15, -0.1) is 22.7 Å². The van der Waals surface area contributed by atoms with Crippen molar-refractivity contribution in [2.24, 2.45) is 0 Å². The van der Waals surface area contributed by atoms with Crippen molar-refractivity contribution >= 4 is 28.7 Å². The number of aromatic nitrogens is 2. The predicted molar refractivity (Wildman–Crippen MR) is 130 cm³/mol. The van der Waals surface area contributed by atoms with E-state index >= 15 is 0 Å². The van der Waals surface area contributed by atoms with Gasteiger partial charge in [-0.05, 0) is 68.7 Å². The van der Waals surface area contributed by atoms with E-state index in [0.29, 0.717) is 6.10 Å². The van der Waals surface area contributed by atoms with Gasteiger partial charge in [0.1, 0.15) is 11.4 Å². The number of rotatable bonds is 6. The number of thiophene rings is 2. The van der Waals surface area contributed by atoms with Crippen molar-refractivity contribution in [3.8, 4) is 21.1 Å². The fourth-order valence-corrected chi connectivity index (χ4v) is 4.80. The van der Waals surface area contributed by atoms with E-state index in [4.69, 9.17) is 14.7 Å². The molecular weight excluding hydrogens is 410 g/mol. The van der Waals surface area contributed by atoms with Crippen molar-refractivity contribution in [3.05, 3.63) is 52.5 Å². The average Bonchev–Trinajstić information content (AvgIpc) is 3.49. The van der Waals surface area contributed by atoms with Crippen LogP contribution in [0.4, 0.5) is 0 Å². The Morgan fingerprint density at radius 2 is 1.63 bits per heavy atom. The molecule has 4 heterocycles. The Bertz CT molecular complexity index is 914. The van der Waals surface area contributed by atoms with Crippen LogP contribution in [-0.4, -0.2) is 35.3 Å². The van der Waals surface area contributed by atoms with Gasteiger partial charge in [0.15, 0.2) is 0 Å². The highest BCUT2D eigenvalue weighted by Gasteiger charge is 2.17. The standard InChI is InChI=1S/C22H25N3OS2.C2H6/c1-15(26-17-9-11-23-12-10-17)7-8-18-16(2)24-21(19-5-3-13-27-19)22(25-18)20-6-4-14-28-20;1-2/h3-8,13-15,17,23H,9-12H2,1-2H3;1-2H3/b8-7-;. The summed E-state index contributed by atoms with van der Waals surface area (Å²) in [6.45, 7) is 10.2. The van der Waals surface area contributed by atoms with Crippen molar-refractivity contribution in [3.63, 3.8) is 0 Å². The Morgan fingerprint density at radius 3 is 2.20 bits per heavy atom. The van der Waals surface area contributed by atoms with Gasteiger partial charge in [-0.1, -0.05) is 32.1 Å². The second-order valence-corrected chi connectivity index (χ2v) is 8.89. The maximum absolute atomic E-state index is 6.17. The third-order valence-corrected chi connectivity index (χ3v) is 6.59. The van der Waals surface area contributed by atoms with E-state index in [1.54, 1.807) is 22.7 Å². The number of nitrogens with one attached hydrogen (secondary N) is 1. The predicted octanol–water partition coefficient (Wildman–Crippen LogP) is 6.44. The number of hydrogen-bond donors (Lipinski definition) is 1. The summed E-state index contributed by atoms with van der Waals surface area (Å²) >= 11 is 3.40. The lowest BCUT2D eigenvalue weighted by atomic mass is 10.1. The number of aryl methyl sites for hydroxylation is 1. The lowest BCUT2D eigenvalue weighted by Crippen LogP contribution is -2.33. The molecule has 30 heavy (non-hydrogen) atoms. The SMILES string of the molecule is CC.Cc1nc(-c2cccs2)c(-c2cccs2)nc1/C=C\C(C)OC1CCNCC1. The van der Waals surface area contributed by atoms with Gasteiger partial charge in [-0.2, -0.15) is 0 Å². The van der Waals surface area contributed by atoms with E-state index in [0.717, 1.165) is 58.5 Å². The molecule has 3 aromatic heterocycles. The van der Waals surface area contributed by atoms with Gasteiger partial charge in [-0.3, -0.25) is 0 Å². The largest absolute Gasteiger partial charge is 0.371 e. The molecule has 1 aliphatic rings. The zero-order chi connectivity index (χ0) is 21.3. The third-order valence-electron chi connectivity index (χ3n) is 4.83. The molecule has 4 rings (SSSR count). The first-order chi connectivity index (χ1) is 14.7. The van der Waals surface area contributed by atoms with Crippen molar-refractivity contribution in [1.82, 2.24) is 15.3 Å². The molecule has 1 atom stereocenters. The molecule has 160 valence electrons. The summed E-state index contributed by atoms with van der Waals surface area (Å²) in [4.78, 5) is 12.2. The quantitative estimate of drug-likeness (QED) is 0.478. The highest BCUT2D eigenvalue weighted by Crippen LogP contribution is 2.35. The average molecular weight is 442 g/mol. The zero-order valence-corrected chi connectivity index (χ0v) is 19.9. The molecule has 0 spiro atoms. The highest BCUT2D eigenvalue weighted by molar-refractivity contribution is 7.14. The Morgan fingerprint density at radius 1 is 1.03 bits per heavy atom. The normalized spacial score (nSPS) is 15.7. The molecule has 6 heteroatoms. The molecule has 0 radical (unpaired) electrons. The molecule has 0 aromatic carbocycles. The first-order valence-electron chi connectivity index (χ1n) is 10.7. The molecule has 0 bridgehead atoms. The van der Waals surface area contributed by atoms with Gasteiger partial charge >= 0.3 is 0 Å². The summed E-state index contributed by atoms with van der Waals surface area (Å²) < 4.78 is 6.17. The van der Waals surface area contributed by atoms with Crippen LogP contribution < -0.4 is 5.32 Å². The second-order valence-electron chi connectivity index (χ2n) is 7.00. The Hall–Kier alpha value is -1.86. The fraction of sp³-hybridized carbons (Fsp3) is 0.417. The summed E-state index contributed by atoms with van der Waals surface area (Å²) in [5, 5.41) is 7.54. The highest BCUT2D eigenvalue weighted by atomic mass is 32.1. The molecule has 4 nitrogen and oxygen atoms in total. The van der Waals surface area contributed by atoms with E-state index in [1.807, 2.05) is 20.8 Å². The van der Waals surface area contributed by atoms with Crippen LogP contribution in [0, 0.1) is 6.92 Å². The first kappa shape index (κ1) is 22.8. The molecule has 1 aliphatic heterocycles. The van der Waals surface area contributed by atoms with Crippen LogP contribution in [0.5, 0.6) is 0 Å². The van der Waals surface area contributed by atoms with Crippen molar-refractivity contribution in [2.75, 3.05) is 13.1 Å². The van der Waals surface area contributed by atoms with E-state index < -0.39 is 0 Å². The van der Waals surface area contributed by atoms with Crippen LogP contribution >= 0.6 is 22.7 Å². The smallest absolute Gasteiger partial charge is 0.108 e. The molecular formula is C24H31N3OS2. The lowest BCUT2D eigenvalue weighted by Gasteiger charge is -2.25. The van der Waals surface area contributed by atoms with Crippen molar-refractivity contribution in [2.45, 2.75) is 52.7 Å². The van der Waals surface area contributed by atoms with E-state index in [1.165, 1.54) is 0 Å². The lowest BCUT2D eigenvalue weighted by molar-refractivity contribution is 0.00571. The Kier molecular flexibility index (Phi) is 8.75. The molecule has 1 N–H and O–H groups in total. The van der Waals surface area contributed by atoms with Gasteiger partial charge < -0.3 is 10.1 Å². The van der Waals surface area contributed by atoms with Crippen LogP contribution in [0.25, 0.3) is 27.2 Å². The zero-order valence-electron chi connectivity index (χ0n) is 18.2. The topological polar surface area (TPSA) is 47.0 Å². The van der Waals surface area contributed by atoms with Gasteiger partial charge in [0.25, 0.3) is 0 Å². The van der Waals surface area contributed by atoms with Gasteiger partial charge in [0.2, 0.25) is 0 Å². The van der Waals surface area contributed by atoms with Crippen LogP contribution in [0.2, 0.25) is 0 Å². The molecule has 1 unspecified atom stereocenters. The van der Waals surface area contributed by atoms with Crippen molar-refractivity contribution in [1.29, 1.82) is 0 Å². The van der Waals surface area contributed by atoms with Gasteiger partial charge in [0, 0.05) is 0 Å².